The smallest absolute Gasteiger partial charge is 0.264 e. The second kappa shape index (κ2) is 7.95. The molecule has 0 radical (unpaired) electrons. The number of rotatable bonds is 6. The van der Waals surface area contributed by atoms with Crippen LogP contribution < -0.4 is 5.32 Å². The van der Waals surface area contributed by atoms with E-state index in [-0.39, 0.29) is 5.91 Å². The van der Waals surface area contributed by atoms with Crippen LogP contribution in [0.5, 0.6) is 0 Å². The highest BCUT2D eigenvalue weighted by atomic mass is 16.5. The van der Waals surface area contributed by atoms with Gasteiger partial charge in [-0.25, -0.2) is 0 Å². The van der Waals surface area contributed by atoms with Crippen LogP contribution in [-0.2, 0) is 16.1 Å². The first kappa shape index (κ1) is 16.5. The second-order valence-corrected chi connectivity index (χ2v) is 6.28. The van der Waals surface area contributed by atoms with Crippen molar-refractivity contribution < 1.29 is 9.53 Å². The molecule has 1 aromatic carbocycles. The predicted molar refractivity (Wildman–Crippen MR) is 84.6 cm³/mol. The van der Waals surface area contributed by atoms with E-state index in [1.165, 1.54) is 19.3 Å². The monoisotopic (exact) mass is 300 g/mol. The van der Waals surface area contributed by atoms with Crippen LogP contribution in [-0.4, -0.2) is 11.5 Å². The molecule has 0 bridgehead atoms. The fraction of sp³-hybridized carbons (Fsp3) is 0.556. The fourth-order valence-corrected chi connectivity index (χ4v) is 3.16. The number of amides is 1. The fourth-order valence-electron chi connectivity index (χ4n) is 3.16. The molecule has 1 aliphatic rings. The molecule has 22 heavy (non-hydrogen) atoms. The summed E-state index contributed by atoms with van der Waals surface area (Å²) in [7, 11) is 0. The summed E-state index contributed by atoms with van der Waals surface area (Å²) < 4.78 is 5.97. The first-order chi connectivity index (χ1) is 10.6. The molecule has 1 aliphatic carbocycles. The van der Waals surface area contributed by atoms with Crippen LogP contribution in [0, 0.1) is 17.4 Å². The van der Waals surface area contributed by atoms with Gasteiger partial charge in [0.2, 0.25) is 0 Å². The average molecular weight is 300 g/mol. The molecule has 1 amide bonds. The lowest BCUT2D eigenvalue weighted by Gasteiger charge is -2.33. The molecule has 4 nitrogen and oxygen atoms in total. The minimum Gasteiger partial charge on any atom is -0.361 e. The quantitative estimate of drug-likeness (QED) is 0.645. The van der Waals surface area contributed by atoms with Gasteiger partial charge in [0.1, 0.15) is 5.60 Å². The van der Waals surface area contributed by atoms with Gasteiger partial charge in [-0.15, -0.1) is 0 Å². The van der Waals surface area contributed by atoms with E-state index in [4.69, 9.17) is 10.00 Å². The van der Waals surface area contributed by atoms with Crippen LogP contribution in [0.25, 0.3) is 0 Å². The van der Waals surface area contributed by atoms with Crippen LogP contribution >= 0.6 is 0 Å². The molecule has 0 aromatic heterocycles. The van der Waals surface area contributed by atoms with Crippen LogP contribution in [0.3, 0.4) is 0 Å². The van der Waals surface area contributed by atoms with Crippen LogP contribution in [0.1, 0.15) is 51.0 Å². The number of nitrogens with zero attached hydrogens (tertiary/aromatic N) is 1. The van der Waals surface area contributed by atoms with E-state index in [1.54, 1.807) is 13.1 Å². The Kier molecular flexibility index (Phi) is 5.97. The van der Waals surface area contributed by atoms with Gasteiger partial charge in [0.25, 0.3) is 5.91 Å². The van der Waals surface area contributed by atoms with Crippen molar-refractivity contribution in [3.8, 4) is 6.19 Å². The molecule has 0 heterocycles. The van der Waals surface area contributed by atoms with Crippen molar-refractivity contribution in [2.75, 3.05) is 0 Å². The van der Waals surface area contributed by atoms with Gasteiger partial charge in [-0.3, -0.25) is 10.1 Å². The third-order valence-electron chi connectivity index (χ3n) is 4.45. The Hall–Kier alpha value is -1.86. The Balaban J connectivity index is 2.03. The number of nitriles is 1. The lowest BCUT2D eigenvalue weighted by Crippen LogP contribution is -2.46. The Morgan fingerprint density at radius 1 is 1.32 bits per heavy atom. The van der Waals surface area contributed by atoms with Crippen molar-refractivity contribution in [1.29, 1.82) is 5.26 Å². The third kappa shape index (κ3) is 4.57. The van der Waals surface area contributed by atoms with Crippen molar-refractivity contribution in [3.63, 3.8) is 0 Å². The average Bonchev–Trinajstić information content (AvgIpc) is 2.55. The lowest BCUT2D eigenvalue weighted by atomic mass is 9.81. The normalized spacial score (nSPS) is 18.2. The Morgan fingerprint density at radius 3 is 2.64 bits per heavy atom. The molecule has 0 spiro atoms. The Morgan fingerprint density at radius 2 is 2.00 bits per heavy atom. The second-order valence-electron chi connectivity index (χ2n) is 6.28. The first-order valence-electron chi connectivity index (χ1n) is 8.01. The summed E-state index contributed by atoms with van der Waals surface area (Å²) in [6, 6.07) is 9.80. The number of ether oxygens (including phenoxy) is 1. The molecule has 0 aliphatic heterocycles. The van der Waals surface area contributed by atoms with Gasteiger partial charge in [-0.05, 0) is 24.8 Å². The summed E-state index contributed by atoms with van der Waals surface area (Å²) in [4.78, 5) is 12.3. The van der Waals surface area contributed by atoms with E-state index >= 15 is 0 Å². The molecular weight excluding hydrogens is 276 g/mol. The van der Waals surface area contributed by atoms with E-state index < -0.39 is 5.60 Å². The van der Waals surface area contributed by atoms with Gasteiger partial charge < -0.3 is 4.74 Å². The summed E-state index contributed by atoms with van der Waals surface area (Å²) in [5.74, 6) is 0.162. The maximum Gasteiger partial charge on any atom is 0.264 e. The molecule has 1 aromatic rings. The highest BCUT2D eigenvalue weighted by molar-refractivity contribution is 5.85. The predicted octanol–water partition coefficient (Wildman–Crippen LogP) is 3.53. The van der Waals surface area contributed by atoms with Gasteiger partial charge in [0.05, 0.1) is 6.61 Å². The van der Waals surface area contributed by atoms with E-state index in [9.17, 15) is 4.79 Å². The highest BCUT2D eigenvalue weighted by Gasteiger charge is 2.37. The van der Waals surface area contributed by atoms with E-state index in [0.29, 0.717) is 18.9 Å². The van der Waals surface area contributed by atoms with Gasteiger partial charge in [0, 0.05) is 0 Å². The summed E-state index contributed by atoms with van der Waals surface area (Å²) >= 11 is 0. The molecule has 1 atom stereocenters. The van der Waals surface area contributed by atoms with Crippen molar-refractivity contribution >= 4 is 5.91 Å². The maximum atomic E-state index is 12.3. The number of hydrogen-bond acceptors (Lipinski definition) is 3. The Bertz CT molecular complexity index is 518. The number of hydrogen-bond donors (Lipinski definition) is 1. The van der Waals surface area contributed by atoms with Gasteiger partial charge in [0.15, 0.2) is 6.19 Å². The minimum absolute atomic E-state index is 0.337. The number of benzene rings is 1. The topological polar surface area (TPSA) is 62.1 Å². The lowest BCUT2D eigenvalue weighted by molar-refractivity contribution is -0.148. The first-order valence-corrected chi connectivity index (χ1v) is 8.01. The van der Waals surface area contributed by atoms with Gasteiger partial charge >= 0.3 is 0 Å². The summed E-state index contributed by atoms with van der Waals surface area (Å²) in [6.07, 6.45) is 8.41. The summed E-state index contributed by atoms with van der Waals surface area (Å²) in [5, 5.41) is 11.0. The zero-order valence-electron chi connectivity index (χ0n) is 13.2. The Labute approximate surface area is 132 Å². The van der Waals surface area contributed by atoms with Crippen molar-refractivity contribution in [1.82, 2.24) is 5.32 Å². The molecule has 118 valence electrons. The zero-order valence-corrected chi connectivity index (χ0v) is 13.2. The SMILES string of the molecule is CC(CC1CCCCC1)(OCc1ccccc1)C(=O)NC#N. The summed E-state index contributed by atoms with van der Waals surface area (Å²) in [6.45, 7) is 2.18. The molecule has 1 unspecified atom stereocenters. The van der Waals surface area contributed by atoms with Crippen LogP contribution in [0.2, 0.25) is 0 Å². The molecule has 1 N–H and O–H groups in total. The molecule has 1 saturated carbocycles. The number of carbonyl (C=O) groups excluding carboxylic acids is 1. The highest BCUT2D eigenvalue weighted by Crippen LogP contribution is 2.33. The number of nitrogens with one attached hydrogen (secondary N) is 1. The minimum atomic E-state index is -0.951. The van der Waals surface area contributed by atoms with Crippen molar-refractivity contribution in [3.05, 3.63) is 35.9 Å². The van der Waals surface area contributed by atoms with Gasteiger partial charge in [-0.2, -0.15) is 5.26 Å². The van der Waals surface area contributed by atoms with Crippen LogP contribution in [0.4, 0.5) is 0 Å². The maximum absolute atomic E-state index is 12.3. The largest absolute Gasteiger partial charge is 0.361 e. The molecule has 4 heteroatoms. The third-order valence-corrected chi connectivity index (χ3v) is 4.45. The molecular formula is C18H24N2O2. The standard InChI is InChI=1S/C18H24N2O2/c1-18(17(21)20-14-19,12-15-8-4-2-5-9-15)22-13-16-10-6-3-7-11-16/h3,6-7,10-11,15H,2,4-5,8-9,12-13H2,1H3,(H,20,21). The van der Waals surface area contributed by atoms with E-state index in [1.807, 2.05) is 30.3 Å². The number of carbonyl (C=O) groups is 1. The molecule has 1 fully saturated rings. The van der Waals surface area contributed by atoms with Gasteiger partial charge in [-0.1, -0.05) is 62.4 Å². The van der Waals surface area contributed by atoms with Crippen molar-refractivity contribution in [2.24, 2.45) is 5.92 Å². The van der Waals surface area contributed by atoms with Crippen LogP contribution in [0.15, 0.2) is 30.3 Å². The van der Waals surface area contributed by atoms with Crippen molar-refractivity contribution in [2.45, 2.75) is 57.7 Å². The van der Waals surface area contributed by atoms with E-state index in [0.717, 1.165) is 18.4 Å². The molecule has 2 rings (SSSR count). The van der Waals surface area contributed by atoms with E-state index in [2.05, 4.69) is 5.32 Å². The molecule has 0 saturated heterocycles. The zero-order chi connectivity index (χ0) is 15.8. The summed E-state index contributed by atoms with van der Waals surface area (Å²) in [5.41, 5.74) is 0.0789.